The molecule has 3 aromatic rings. The first-order chi connectivity index (χ1) is 14.7. The van der Waals surface area contributed by atoms with Crippen LogP contribution < -0.4 is 4.90 Å². The highest BCUT2D eigenvalue weighted by molar-refractivity contribution is 6.34. The predicted octanol–water partition coefficient (Wildman–Crippen LogP) is 5.22. The highest BCUT2D eigenvalue weighted by atomic mass is 35.5. The lowest BCUT2D eigenvalue weighted by molar-refractivity contribution is 0.0899. The van der Waals surface area contributed by atoms with E-state index in [-0.39, 0.29) is 5.78 Å². The Morgan fingerprint density at radius 1 is 1.23 bits per heavy atom. The van der Waals surface area contributed by atoms with Gasteiger partial charge >= 0.3 is 0 Å². The molecule has 2 aromatic carbocycles. The molecule has 0 aliphatic carbocycles. The van der Waals surface area contributed by atoms with E-state index in [9.17, 15) is 4.79 Å². The van der Waals surface area contributed by atoms with Crippen LogP contribution in [-0.4, -0.2) is 52.9 Å². The van der Waals surface area contributed by atoms with Crippen LogP contribution in [0.15, 0.2) is 36.4 Å². The van der Waals surface area contributed by atoms with Gasteiger partial charge in [0, 0.05) is 25.7 Å². The van der Waals surface area contributed by atoms with Crippen molar-refractivity contribution in [3.05, 3.63) is 58.4 Å². The van der Waals surface area contributed by atoms with Gasteiger partial charge in [0.25, 0.3) is 0 Å². The standard InChI is InChI=1S/C25H31ClN4O/c1-6-29-11-12-30(17(3)15-29)22-14-21-20(13-19(22)26)27-24(28-21)23(31)25(4,5)18-9-7-16(2)8-10-18/h7-10,13-14,17H,6,11-12,15H2,1-5H3,(H,27,28). The summed E-state index contributed by atoms with van der Waals surface area (Å²) in [5.41, 5.74) is 4.01. The second-order valence-corrected chi connectivity index (χ2v) is 9.57. The van der Waals surface area contributed by atoms with Crippen LogP contribution >= 0.6 is 11.6 Å². The largest absolute Gasteiger partial charge is 0.365 e. The van der Waals surface area contributed by atoms with Crippen molar-refractivity contribution in [1.29, 1.82) is 0 Å². The summed E-state index contributed by atoms with van der Waals surface area (Å²) in [5.74, 6) is 0.341. The monoisotopic (exact) mass is 438 g/mol. The maximum atomic E-state index is 13.4. The van der Waals surface area contributed by atoms with Crippen LogP contribution in [0.1, 0.15) is 49.4 Å². The molecule has 1 aromatic heterocycles. The number of halogens is 1. The van der Waals surface area contributed by atoms with Gasteiger partial charge in [0.05, 0.1) is 27.2 Å². The molecule has 1 atom stereocenters. The molecule has 0 radical (unpaired) electrons. The number of carbonyl (C=O) groups excluding carboxylic acids is 1. The normalized spacial score (nSPS) is 18.0. The zero-order valence-corrected chi connectivity index (χ0v) is 19.8. The number of hydrogen-bond acceptors (Lipinski definition) is 4. The molecule has 1 unspecified atom stereocenters. The number of fused-ring (bicyclic) bond motifs is 1. The van der Waals surface area contributed by atoms with Crippen molar-refractivity contribution >= 4 is 34.1 Å². The van der Waals surface area contributed by atoms with Crippen LogP contribution in [0.2, 0.25) is 5.02 Å². The number of aromatic amines is 1. The maximum absolute atomic E-state index is 13.4. The first kappa shape index (κ1) is 21.8. The lowest BCUT2D eigenvalue weighted by Crippen LogP contribution is -2.51. The molecule has 1 fully saturated rings. The third kappa shape index (κ3) is 4.09. The Hall–Kier alpha value is -2.37. The quantitative estimate of drug-likeness (QED) is 0.555. The van der Waals surface area contributed by atoms with E-state index in [0.29, 0.717) is 16.9 Å². The van der Waals surface area contributed by atoms with Crippen molar-refractivity contribution in [3.63, 3.8) is 0 Å². The molecule has 31 heavy (non-hydrogen) atoms. The van der Waals surface area contributed by atoms with Crippen molar-refractivity contribution in [3.8, 4) is 0 Å². The van der Waals surface area contributed by atoms with Gasteiger partial charge in [0.1, 0.15) is 0 Å². The van der Waals surface area contributed by atoms with Gasteiger partial charge in [0.2, 0.25) is 5.78 Å². The molecule has 5 nitrogen and oxygen atoms in total. The number of imidazole rings is 1. The molecule has 6 heteroatoms. The number of nitrogens with one attached hydrogen (secondary N) is 1. The number of H-pyrrole nitrogens is 1. The first-order valence-electron chi connectivity index (χ1n) is 11.0. The Bertz CT molecular complexity index is 1100. The molecule has 2 heterocycles. The smallest absolute Gasteiger partial charge is 0.207 e. The second kappa shape index (κ2) is 8.29. The van der Waals surface area contributed by atoms with Gasteiger partial charge in [-0.15, -0.1) is 0 Å². The van der Waals surface area contributed by atoms with Crippen molar-refractivity contribution in [1.82, 2.24) is 14.9 Å². The number of benzene rings is 2. The van der Waals surface area contributed by atoms with Gasteiger partial charge in [-0.25, -0.2) is 4.98 Å². The van der Waals surface area contributed by atoms with Gasteiger partial charge in [-0.2, -0.15) is 0 Å². The third-order valence-corrected chi connectivity index (χ3v) is 6.88. The number of nitrogens with zero attached hydrogens (tertiary/aromatic N) is 3. The number of Topliss-reactive ketones (excluding diaryl/α,β-unsaturated/α-hetero) is 1. The van der Waals surface area contributed by atoms with E-state index in [2.05, 4.69) is 33.6 Å². The third-order valence-electron chi connectivity index (χ3n) is 6.57. The highest BCUT2D eigenvalue weighted by Gasteiger charge is 2.33. The second-order valence-electron chi connectivity index (χ2n) is 9.16. The van der Waals surface area contributed by atoms with Gasteiger partial charge in [0.15, 0.2) is 5.82 Å². The van der Waals surface area contributed by atoms with E-state index in [1.807, 2.05) is 57.2 Å². The molecule has 1 saturated heterocycles. The summed E-state index contributed by atoms with van der Waals surface area (Å²) in [7, 11) is 0. The molecule has 1 aliphatic rings. The number of likely N-dealkylation sites (N-methyl/N-ethyl adjacent to an activating group) is 1. The number of ketones is 1. The van der Waals surface area contributed by atoms with Gasteiger partial charge < -0.3 is 9.88 Å². The summed E-state index contributed by atoms with van der Waals surface area (Å²) in [6.45, 7) is 14.4. The molecule has 0 spiro atoms. The fourth-order valence-electron chi connectivity index (χ4n) is 4.42. The molecule has 0 saturated carbocycles. The summed E-state index contributed by atoms with van der Waals surface area (Å²) < 4.78 is 0. The van der Waals surface area contributed by atoms with Crippen molar-refractivity contribution in [2.75, 3.05) is 31.1 Å². The molecule has 0 amide bonds. The molecular formula is C25H31ClN4O. The van der Waals surface area contributed by atoms with Crippen LogP contribution in [0.5, 0.6) is 0 Å². The summed E-state index contributed by atoms with van der Waals surface area (Å²) in [6, 6.07) is 12.4. The Labute approximate surface area is 189 Å². The van der Waals surface area contributed by atoms with Crippen molar-refractivity contribution in [2.24, 2.45) is 0 Å². The minimum atomic E-state index is -0.681. The zero-order valence-electron chi connectivity index (χ0n) is 19.0. The number of piperazine rings is 1. The molecule has 1 aliphatic heterocycles. The Morgan fingerprint density at radius 3 is 2.58 bits per heavy atom. The van der Waals surface area contributed by atoms with Crippen LogP contribution in [0, 0.1) is 6.92 Å². The summed E-state index contributed by atoms with van der Waals surface area (Å²) >= 11 is 6.67. The SMILES string of the molecule is CCN1CCN(c2cc3nc(C(=O)C(C)(C)c4ccc(C)cc4)[nH]c3cc2Cl)C(C)C1. The number of rotatable bonds is 5. The lowest BCUT2D eigenvalue weighted by atomic mass is 9.80. The summed E-state index contributed by atoms with van der Waals surface area (Å²) in [5, 5.41) is 0.685. The average molecular weight is 439 g/mol. The van der Waals surface area contributed by atoms with Crippen LogP contribution in [-0.2, 0) is 5.41 Å². The minimum absolute atomic E-state index is 0.0323. The Morgan fingerprint density at radius 2 is 1.94 bits per heavy atom. The van der Waals surface area contributed by atoms with E-state index >= 15 is 0 Å². The fourth-order valence-corrected chi connectivity index (χ4v) is 4.69. The van der Waals surface area contributed by atoms with Crippen LogP contribution in [0.25, 0.3) is 11.0 Å². The number of hydrogen-bond donors (Lipinski definition) is 1. The lowest BCUT2D eigenvalue weighted by Gasteiger charge is -2.41. The molecule has 0 bridgehead atoms. The van der Waals surface area contributed by atoms with Gasteiger partial charge in [-0.3, -0.25) is 9.69 Å². The first-order valence-corrected chi connectivity index (χ1v) is 11.4. The topological polar surface area (TPSA) is 52.2 Å². The fraction of sp³-hybridized carbons (Fsp3) is 0.440. The number of anilines is 1. The zero-order chi connectivity index (χ0) is 22.3. The number of aromatic nitrogens is 2. The maximum Gasteiger partial charge on any atom is 0.207 e. The van der Waals surface area contributed by atoms with E-state index in [0.717, 1.165) is 48.5 Å². The molecule has 1 N–H and O–H groups in total. The van der Waals surface area contributed by atoms with Crippen LogP contribution in [0.3, 0.4) is 0 Å². The number of aryl methyl sites for hydroxylation is 1. The van der Waals surface area contributed by atoms with Crippen molar-refractivity contribution in [2.45, 2.75) is 46.1 Å². The molecular weight excluding hydrogens is 408 g/mol. The van der Waals surface area contributed by atoms with Crippen molar-refractivity contribution < 1.29 is 4.79 Å². The highest BCUT2D eigenvalue weighted by Crippen LogP contribution is 2.34. The van der Waals surface area contributed by atoms with E-state index in [1.165, 1.54) is 5.56 Å². The number of carbonyl (C=O) groups is 1. The molecule has 4 rings (SSSR count). The summed E-state index contributed by atoms with van der Waals surface area (Å²) in [4.78, 5) is 26.1. The Kier molecular flexibility index (Phi) is 5.84. The van der Waals surface area contributed by atoms with E-state index in [4.69, 9.17) is 11.6 Å². The van der Waals surface area contributed by atoms with E-state index in [1.54, 1.807) is 0 Å². The minimum Gasteiger partial charge on any atom is -0.365 e. The van der Waals surface area contributed by atoms with Gasteiger partial charge in [-0.05, 0) is 51.9 Å². The van der Waals surface area contributed by atoms with E-state index < -0.39 is 5.41 Å². The molecule has 164 valence electrons. The van der Waals surface area contributed by atoms with Gasteiger partial charge in [-0.1, -0.05) is 48.4 Å². The Balaban J connectivity index is 1.65. The average Bonchev–Trinajstić information content (AvgIpc) is 3.15. The predicted molar refractivity (Wildman–Crippen MR) is 129 cm³/mol. The van der Waals surface area contributed by atoms with Crippen LogP contribution in [0.4, 0.5) is 5.69 Å². The summed E-state index contributed by atoms with van der Waals surface area (Å²) in [6.07, 6.45) is 0.